The van der Waals surface area contributed by atoms with Gasteiger partial charge >= 0.3 is 17.5 Å². The molecule has 0 spiro atoms. The monoisotopic (exact) mass is 416 g/mol. The van der Waals surface area contributed by atoms with E-state index >= 15 is 0 Å². The molecule has 4 fully saturated rings. The van der Waals surface area contributed by atoms with Gasteiger partial charge in [0.25, 0.3) is 0 Å². The Morgan fingerprint density at radius 3 is 2.63 bits per heavy atom. The standard InChI is InChI=1S/C19H24N6O5/c26-17(18-22-16(23-30-18)11-24-10-15(9-21-24)25(27)28)20-1-2-29-19-6-12-3-13(7-19)5-14(4-12)8-19/h9-10,12-14H,1-8,11H2,(H,20,26). The molecule has 2 aromatic heterocycles. The molecule has 30 heavy (non-hydrogen) atoms. The lowest BCUT2D eigenvalue weighted by atomic mass is 9.54. The number of carbonyl (C=O) groups excluding carboxylic acids is 1. The molecule has 0 saturated heterocycles. The summed E-state index contributed by atoms with van der Waals surface area (Å²) in [5, 5.41) is 21.1. The van der Waals surface area contributed by atoms with Gasteiger partial charge in [-0.1, -0.05) is 5.16 Å². The van der Waals surface area contributed by atoms with Crippen molar-refractivity contribution in [2.24, 2.45) is 17.8 Å². The summed E-state index contributed by atoms with van der Waals surface area (Å²) >= 11 is 0. The first-order valence-electron chi connectivity index (χ1n) is 10.4. The van der Waals surface area contributed by atoms with E-state index in [9.17, 15) is 14.9 Å². The molecular weight excluding hydrogens is 392 g/mol. The van der Waals surface area contributed by atoms with Crippen LogP contribution < -0.4 is 5.32 Å². The number of nitro groups is 1. The number of carbonyl (C=O) groups is 1. The van der Waals surface area contributed by atoms with E-state index in [0.717, 1.165) is 43.2 Å². The molecule has 4 aliphatic rings. The Kier molecular flexibility index (Phi) is 4.76. The van der Waals surface area contributed by atoms with Gasteiger partial charge in [-0.15, -0.1) is 0 Å². The van der Waals surface area contributed by atoms with Crippen LogP contribution in [-0.2, 0) is 11.3 Å². The van der Waals surface area contributed by atoms with E-state index < -0.39 is 10.8 Å². The lowest BCUT2D eigenvalue weighted by Gasteiger charge is -2.56. The number of ether oxygens (including phenoxy) is 1. The molecule has 0 atom stereocenters. The van der Waals surface area contributed by atoms with Crippen molar-refractivity contribution in [2.45, 2.75) is 50.7 Å². The number of aromatic nitrogens is 4. The number of rotatable bonds is 8. The second-order valence-electron chi connectivity index (χ2n) is 8.87. The molecular formula is C19H24N6O5. The zero-order valence-electron chi connectivity index (χ0n) is 16.5. The van der Waals surface area contributed by atoms with E-state index in [1.807, 2.05) is 0 Å². The minimum absolute atomic E-state index is 0.0174. The fraction of sp³-hybridized carbons (Fsp3) is 0.684. The normalized spacial score (nSPS) is 29.3. The zero-order valence-corrected chi connectivity index (χ0v) is 16.5. The Balaban J connectivity index is 1.09. The summed E-state index contributed by atoms with van der Waals surface area (Å²) in [6.07, 6.45) is 9.97. The molecule has 1 amide bonds. The zero-order chi connectivity index (χ0) is 20.7. The molecule has 0 aromatic carbocycles. The average Bonchev–Trinajstić information content (AvgIpc) is 3.34. The number of amides is 1. The fourth-order valence-corrected chi connectivity index (χ4v) is 5.80. The molecule has 0 aliphatic heterocycles. The maximum absolute atomic E-state index is 12.3. The summed E-state index contributed by atoms with van der Waals surface area (Å²) in [7, 11) is 0. The highest BCUT2D eigenvalue weighted by molar-refractivity contribution is 5.89. The third-order valence-corrected chi connectivity index (χ3v) is 6.57. The number of nitrogens with zero attached hydrogens (tertiary/aromatic N) is 5. The Morgan fingerprint density at radius 1 is 1.30 bits per heavy atom. The van der Waals surface area contributed by atoms with E-state index in [1.54, 1.807) is 0 Å². The van der Waals surface area contributed by atoms with Crippen LogP contribution in [0.25, 0.3) is 0 Å². The van der Waals surface area contributed by atoms with Gasteiger partial charge in [-0.05, 0) is 56.3 Å². The van der Waals surface area contributed by atoms with Crippen LogP contribution in [0.1, 0.15) is 55.0 Å². The first kappa shape index (κ1) is 19.2. The summed E-state index contributed by atoms with van der Waals surface area (Å²) in [5.74, 6) is 2.05. The van der Waals surface area contributed by atoms with Gasteiger partial charge < -0.3 is 14.6 Å². The molecule has 160 valence electrons. The van der Waals surface area contributed by atoms with E-state index in [-0.39, 0.29) is 29.5 Å². The highest BCUT2D eigenvalue weighted by atomic mass is 16.6. The van der Waals surface area contributed by atoms with Crippen molar-refractivity contribution in [3.8, 4) is 0 Å². The molecule has 2 heterocycles. The first-order valence-corrected chi connectivity index (χ1v) is 10.4. The van der Waals surface area contributed by atoms with Gasteiger partial charge in [-0.3, -0.25) is 19.6 Å². The number of hydrogen-bond donors (Lipinski definition) is 1. The SMILES string of the molecule is O=C(NCCOC12CC3CC(CC(C3)C1)C2)c1nc(Cn2cc([N+](=O)[O-])cn2)no1. The molecule has 4 aliphatic carbocycles. The summed E-state index contributed by atoms with van der Waals surface area (Å²) in [6, 6.07) is 0. The van der Waals surface area contributed by atoms with E-state index in [2.05, 4.69) is 20.6 Å². The second kappa shape index (κ2) is 7.46. The van der Waals surface area contributed by atoms with Crippen LogP contribution in [0.3, 0.4) is 0 Å². The van der Waals surface area contributed by atoms with Crippen LogP contribution >= 0.6 is 0 Å². The van der Waals surface area contributed by atoms with Crippen LogP contribution in [0.2, 0.25) is 0 Å². The Morgan fingerprint density at radius 2 is 2.00 bits per heavy atom. The molecule has 0 unspecified atom stereocenters. The first-order chi connectivity index (χ1) is 14.5. The van der Waals surface area contributed by atoms with E-state index in [1.165, 1.54) is 30.1 Å². The van der Waals surface area contributed by atoms with Crippen molar-refractivity contribution in [1.82, 2.24) is 25.2 Å². The number of nitrogens with one attached hydrogen (secondary N) is 1. The molecule has 0 radical (unpaired) electrons. The molecule has 11 nitrogen and oxygen atoms in total. The van der Waals surface area contributed by atoms with Crippen molar-refractivity contribution < 1.29 is 19.0 Å². The fourth-order valence-electron chi connectivity index (χ4n) is 5.80. The van der Waals surface area contributed by atoms with Crippen molar-refractivity contribution in [3.05, 3.63) is 34.2 Å². The topological polar surface area (TPSA) is 138 Å². The Bertz CT molecular complexity index is 918. The van der Waals surface area contributed by atoms with Crippen molar-refractivity contribution in [1.29, 1.82) is 0 Å². The maximum Gasteiger partial charge on any atom is 0.316 e. The van der Waals surface area contributed by atoms with Crippen molar-refractivity contribution in [2.75, 3.05) is 13.2 Å². The minimum Gasteiger partial charge on any atom is -0.373 e. The highest BCUT2D eigenvalue weighted by Crippen LogP contribution is 2.57. The lowest BCUT2D eigenvalue weighted by molar-refractivity contribution is -0.385. The third kappa shape index (κ3) is 3.81. The van der Waals surface area contributed by atoms with Gasteiger partial charge in [0.1, 0.15) is 18.9 Å². The Labute approximate surface area is 172 Å². The summed E-state index contributed by atoms with van der Waals surface area (Å²) in [4.78, 5) is 26.4. The molecule has 6 rings (SSSR count). The smallest absolute Gasteiger partial charge is 0.316 e. The quantitative estimate of drug-likeness (QED) is 0.391. The lowest BCUT2D eigenvalue weighted by Crippen LogP contribution is -2.52. The van der Waals surface area contributed by atoms with E-state index in [0.29, 0.717) is 13.2 Å². The molecule has 1 N–H and O–H groups in total. The Hall–Kier alpha value is -2.82. The van der Waals surface area contributed by atoms with Crippen molar-refractivity contribution in [3.63, 3.8) is 0 Å². The van der Waals surface area contributed by atoms with Crippen LogP contribution in [0, 0.1) is 27.9 Å². The largest absolute Gasteiger partial charge is 0.373 e. The average molecular weight is 416 g/mol. The van der Waals surface area contributed by atoms with E-state index in [4.69, 9.17) is 9.26 Å². The van der Waals surface area contributed by atoms with Gasteiger partial charge in [-0.25, -0.2) is 0 Å². The van der Waals surface area contributed by atoms with Gasteiger partial charge in [0.2, 0.25) is 0 Å². The van der Waals surface area contributed by atoms with Crippen LogP contribution in [0.5, 0.6) is 0 Å². The number of hydrogen-bond acceptors (Lipinski definition) is 8. The minimum atomic E-state index is -0.538. The third-order valence-electron chi connectivity index (χ3n) is 6.57. The predicted octanol–water partition coefficient (Wildman–Crippen LogP) is 1.94. The summed E-state index contributed by atoms with van der Waals surface area (Å²) < 4.78 is 12.6. The van der Waals surface area contributed by atoms with Crippen LogP contribution in [-0.4, -0.2) is 49.5 Å². The van der Waals surface area contributed by atoms with Gasteiger partial charge in [0.15, 0.2) is 5.82 Å². The van der Waals surface area contributed by atoms with Gasteiger partial charge in [0.05, 0.1) is 17.1 Å². The molecule has 4 bridgehead atoms. The summed E-state index contributed by atoms with van der Waals surface area (Å²) in [6.45, 7) is 0.916. The predicted molar refractivity (Wildman–Crippen MR) is 101 cm³/mol. The van der Waals surface area contributed by atoms with Gasteiger partial charge in [0, 0.05) is 6.54 Å². The van der Waals surface area contributed by atoms with Crippen LogP contribution in [0.15, 0.2) is 16.9 Å². The molecule has 4 saturated carbocycles. The maximum atomic E-state index is 12.3. The van der Waals surface area contributed by atoms with Crippen molar-refractivity contribution >= 4 is 11.6 Å². The molecule has 2 aromatic rings. The summed E-state index contributed by atoms with van der Waals surface area (Å²) in [5.41, 5.74) is -0.112. The molecule has 11 heteroatoms. The van der Waals surface area contributed by atoms with Crippen LogP contribution in [0.4, 0.5) is 5.69 Å². The second-order valence-corrected chi connectivity index (χ2v) is 8.87. The highest BCUT2D eigenvalue weighted by Gasteiger charge is 2.51. The van der Waals surface area contributed by atoms with Gasteiger partial charge in [-0.2, -0.15) is 10.1 Å².